The molecule has 4 bridgehead atoms. The molecule has 0 unspecified atom stereocenters. The van der Waals surface area contributed by atoms with Crippen LogP contribution in [0, 0.1) is 42.3 Å². The molecule has 4 aliphatic rings. The SMILES string of the molecule is Cc1cc(C(=O)C2C3CC4CC(C3)CC2C4)c(Cl)cc1F. The van der Waals surface area contributed by atoms with Gasteiger partial charge in [0.1, 0.15) is 5.82 Å². The molecule has 4 fully saturated rings. The van der Waals surface area contributed by atoms with Crippen LogP contribution in [-0.2, 0) is 0 Å². The van der Waals surface area contributed by atoms with Crippen molar-refractivity contribution in [3.8, 4) is 0 Å². The minimum Gasteiger partial charge on any atom is -0.294 e. The smallest absolute Gasteiger partial charge is 0.168 e. The maximum atomic E-state index is 13.6. The molecule has 1 nitrogen and oxygen atoms in total. The fourth-order valence-electron chi connectivity index (χ4n) is 5.38. The Kier molecular flexibility index (Phi) is 3.15. The van der Waals surface area contributed by atoms with Crippen LogP contribution in [0.2, 0.25) is 5.02 Å². The third kappa shape index (κ3) is 2.14. The second-order valence-electron chi connectivity index (χ2n) is 7.40. The lowest BCUT2D eigenvalue weighted by atomic mass is 9.51. The molecule has 3 heteroatoms. The van der Waals surface area contributed by atoms with E-state index >= 15 is 0 Å². The molecule has 0 aromatic heterocycles. The first-order valence-corrected chi connectivity index (χ1v) is 8.40. The molecule has 112 valence electrons. The van der Waals surface area contributed by atoms with Crippen molar-refractivity contribution < 1.29 is 9.18 Å². The monoisotopic (exact) mass is 306 g/mol. The predicted octanol–water partition coefficient (Wildman–Crippen LogP) is 5.04. The summed E-state index contributed by atoms with van der Waals surface area (Å²) in [6, 6.07) is 2.94. The lowest BCUT2D eigenvalue weighted by Gasteiger charge is -2.53. The van der Waals surface area contributed by atoms with E-state index in [1.54, 1.807) is 13.0 Å². The summed E-state index contributed by atoms with van der Waals surface area (Å²) in [6.07, 6.45) is 6.22. The summed E-state index contributed by atoms with van der Waals surface area (Å²) in [5.41, 5.74) is 1.04. The standard InChI is InChI=1S/C18H20ClFO/c1-9-2-14(15(19)8-16(9)20)18(21)17-12-4-10-3-11(6-12)7-13(17)5-10/h2,8,10-13,17H,3-7H2,1H3. The van der Waals surface area contributed by atoms with Crippen LogP contribution in [0.15, 0.2) is 12.1 Å². The Morgan fingerprint density at radius 1 is 1.10 bits per heavy atom. The number of hydrogen-bond donors (Lipinski definition) is 0. The Bertz CT molecular complexity index is 581. The fourth-order valence-corrected chi connectivity index (χ4v) is 5.62. The number of benzene rings is 1. The summed E-state index contributed by atoms with van der Waals surface area (Å²) in [5.74, 6) is 2.73. The second-order valence-corrected chi connectivity index (χ2v) is 7.81. The van der Waals surface area contributed by atoms with Crippen LogP contribution < -0.4 is 0 Å². The topological polar surface area (TPSA) is 17.1 Å². The molecule has 5 rings (SSSR count). The highest BCUT2D eigenvalue weighted by Gasteiger charge is 2.50. The van der Waals surface area contributed by atoms with Crippen molar-refractivity contribution in [2.24, 2.45) is 29.6 Å². The first-order chi connectivity index (χ1) is 10.0. The molecule has 4 saturated carbocycles. The zero-order valence-electron chi connectivity index (χ0n) is 12.2. The molecule has 21 heavy (non-hydrogen) atoms. The van der Waals surface area contributed by atoms with Crippen molar-refractivity contribution in [3.05, 3.63) is 34.1 Å². The van der Waals surface area contributed by atoms with Crippen molar-refractivity contribution in [1.82, 2.24) is 0 Å². The van der Waals surface area contributed by atoms with Crippen LogP contribution in [0.3, 0.4) is 0 Å². The fraction of sp³-hybridized carbons (Fsp3) is 0.611. The number of aryl methyl sites for hydroxylation is 1. The second kappa shape index (κ2) is 4.81. The zero-order valence-corrected chi connectivity index (χ0v) is 13.0. The summed E-state index contributed by atoms with van der Waals surface area (Å²) < 4.78 is 13.6. The van der Waals surface area contributed by atoms with Crippen molar-refractivity contribution in [2.75, 3.05) is 0 Å². The van der Waals surface area contributed by atoms with Gasteiger partial charge in [0.25, 0.3) is 0 Å². The number of ketones is 1. The van der Waals surface area contributed by atoms with Gasteiger partial charge < -0.3 is 0 Å². The molecule has 0 atom stereocenters. The van der Waals surface area contributed by atoms with Gasteiger partial charge in [0.05, 0.1) is 5.02 Å². The quantitative estimate of drug-likeness (QED) is 0.699. The van der Waals surface area contributed by atoms with Gasteiger partial charge >= 0.3 is 0 Å². The summed E-state index contributed by atoms with van der Waals surface area (Å²) >= 11 is 6.15. The van der Waals surface area contributed by atoms with Gasteiger partial charge in [0, 0.05) is 11.5 Å². The van der Waals surface area contributed by atoms with Crippen molar-refractivity contribution >= 4 is 17.4 Å². The van der Waals surface area contributed by atoms with Gasteiger partial charge in [0.2, 0.25) is 0 Å². The van der Waals surface area contributed by atoms with Gasteiger partial charge in [0.15, 0.2) is 5.78 Å². The van der Waals surface area contributed by atoms with Crippen LogP contribution in [0.1, 0.15) is 48.0 Å². The molecule has 0 amide bonds. The van der Waals surface area contributed by atoms with Gasteiger partial charge in [-0.1, -0.05) is 11.6 Å². The summed E-state index contributed by atoms with van der Waals surface area (Å²) in [6.45, 7) is 1.69. The minimum atomic E-state index is -0.332. The van der Waals surface area contributed by atoms with Crippen molar-refractivity contribution in [2.45, 2.75) is 39.0 Å². The van der Waals surface area contributed by atoms with Crippen LogP contribution >= 0.6 is 11.6 Å². The molecule has 0 spiro atoms. The number of rotatable bonds is 2. The van der Waals surface area contributed by atoms with Crippen LogP contribution in [0.5, 0.6) is 0 Å². The van der Waals surface area contributed by atoms with Crippen molar-refractivity contribution in [3.63, 3.8) is 0 Å². The molecule has 0 saturated heterocycles. The van der Waals surface area contributed by atoms with Crippen LogP contribution in [-0.4, -0.2) is 5.78 Å². The minimum absolute atomic E-state index is 0.125. The Hall–Kier alpha value is -0.890. The van der Waals surface area contributed by atoms with Gasteiger partial charge in [-0.2, -0.15) is 0 Å². The van der Waals surface area contributed by atoms with Crippen LogP contribution in [0.4, 0.5) is 4.39 Å². The molecule has 0 heterocycles. The highest BCUT2D eigenvalue weighted by atomic mass is 35.5. The lowest BCUT2D eigenvalue weighted by Crippen LogP contribution is -2.48. The summed E-state index contributed by atoms with van der Waals surface area (Å²) in [4.78, 5) is 13.0. The van der Waals surface area contributed by atoms with E-state index in [1.165, 1.54) is 38.2 Å². The van der Waals surface area contributed by atoms with Crippen LogP contribution in [0.25, 0.3) is 0 Å². The largest absolute Gasteiger partial charge is 0.294 e. The highest BCUT2D eigenvalue weighted by Crippen LogP contribution is 2.57. The first kappa shape index (κ1) is 13.8. The lowest BCUT2D eigenvalue weighted by molar-refractivity contribution is -0.0251. The number of halogens is 2. The average Bonchev–Trinajstić information content (AvgIpc) is 2.41. The maximum absolute atomic E-state index is 13.6. The van der Waals surface area contributed by atoms with E-state index in [9.17, 15) is 9.18 Å². The third-order valence-electron chi connectivity index (χ3n) is 6.04. The Balaban J connectivity index is 1.68. The van der Waals surface area contributed by atoms with E-state index in [0.29, 0.717) is 23.0 Å². The Morgan fingerprint density at radius 2 is 1.67 bits per heavy atom. The van der Waals surface area contributed by atoms with E-state index < -0.39 is 0 Å². The molecule has 1 aromatic carbocycles. The Morgan fingerprint density at radius 3 is 2.24 bits per heavy atom. The normalized spacial score (nSPS) is 37.0. The summed E-state index contributed by atoms with van der Waals surface area (Å²) in [5, 5.41) is 0.275. The predicted molar refractivity (Wildman–Crippen MR) is 81.0 cm³/mol. The molecular weight excluding hydrogens is 287 g/mol. The first-order valence-electron chi connectivity index (χ1n) is 8.02. The third-order valence-corrected chi connectivity index (χ3v) is 6.36. The van der Waals surface area contributed by atoms with Gasteiger partial charge in [-0.25, -0.2) is 4.39 Å². The molecule has 0 N–H and O–H groups in total. The van der Waals surface area contributed by atoms with E-state index in [1.807, 2.05) is 0 Å². The Labute approximate surface area is 129 Å². The number of Topliss-reactive ketones (excluding diaryl/α,β-unsaturated/α-hetero) is 1. The zero-order chi connectivity index (χ0) is 14.7. The number of hydrogen-bond acceptors (Lipinski definition) is 1. The maximum Gasteiger partial charge on any atom is 0.168 e. The molecule has 0 aliphatic heterocycles. The van der Waals surface area contributed by atoms with Gasteiger partial charge in [-0.15, -0.1) is 0 Å². The molecule has 4 aliphatic carbocycles. The van der Waals surface area contributed by atoms with Gasteiger partial charge in [-0.3, -0.25) is 4.79 Å². The van der Waals surface area contributed by atoms with E-state index in [2.05, 4.69) is 0 Å². The summed E-state index contributed by atoms with van der Waals surface area (Å²) in [7, 11) is 0. The highest BCUT2D eigenvalue weighted by molar-refractivity contribution is 6.34. The molecule has 1 aromatic rings. The number of carbonyl (C=O) groups is 1. The van der Waals surface area contributed by atoms with E-state index in [0.717, 1.165) is 11.8 Å². The van der Waals surface area contributed by atoms with E-state index in [4.69, 9.17) is 11.6 Å². The van der Waals surface area contributed by atoms with E-state index in [-0.39, 0.29) is 22.5 Å². The molecule has 0 radical (unpaired) electrons. The number of carbonyl (C=O) groups excluding carboxylic acids is 1. The van der Waals surface area contributed by atoms with Gasteiger partial charge in [-0.05, 0) is 80.4 Å². The average molecular weight is 307 g/mol. The molecular formula is C18H20ClFO. The van der Waals surface area contributed by atoms with Crippen molar-refractivity contribution in [1.29, 1.82) is 0 Å².